The van der Waals surface area contributed by atoms with E-state index in [9.17, 15) is 9.59 Å². The van der Waals surface area contributed by atoms with Gasteiger partial charge in [-0.1, -0.05) is 15.9 Å². The van der Waals surface area contributed by atoms with Crippen molar-refractivity contribution in [2.24, 2.45) is 0 Å². The van der Waals surface area contributed by atoms with Gasteiger partial charge >= 0.3 is 6.09 Å². The summed E-state index contributed by atoms with van der Waals surface area (Å²) >= 11 is 3.47. The van der Waals surface area contributed by atoms with Crippen LogP contribution < -0.4 is 10.2 Å². The summed E-state index contributed by atoms with van der Waals surface area (Å²) in [6.07, 6.45) is 3.40. The molecule has 23 heavy (non-hydrogen) atoms. The van der Waals surface area contributed by atoms with E-state index in [0.29, 0.717) is 6.42 Å². The molecule has 0 spiro atoms. The normalized spacial score (nSPS) is 23.7. The van der Waals surface area contributed by atoms with Crippen molar-refractivity contribution in [2.75, 3.05) is 4.90 Å². The average Bonchev–Trinajstić information content (AvgIpc) is 2.43. The SMILES string of the molecule is CC(=O)N1c2ccc(Br)cc2[C@H](NC(=O)OC2CCC2)C[C@@H]1C. The van der Waals surface area contributed by atoms with Gasteiger partial charge in [-0.3, -0.25) is 4.79 Å². The Hall–Kier alpha value is -1.56. The highest BCUT2D eigenvalue weighted by molar-refractivity contribution is 9.10. The minimum absolute atomic E-state index is 0.0107. The molecule has 2 aliphatic rings. The zero-order valence-electron chi connectivity index (χ0n) is 13.3. The molecular formula is C17H21BrN2O3. The molecule has 6 heteroatoms. The molecule has 1 fully saturated rings. The van der Waals surface area contributed by atoms with Crippen LogP contribution in [0, 0.1) is 0 Å². The van der Waals surface area contributed by atoms with Crippen molar-refractivity contribution >= 4 is 33.6 Å². The van der Waals surface area contributed by atoms with Crippen molar-refractivity contribution in [3.63, 3.8) is 0 Å². The maximum absolute atomic E-state index is 12.1. The third kappa shape index (κ3) is 3.37. The summed E-state index contributed by atoms with van der Waals surface area (Å²) in [5.74, 6) is 0.0107. The zero-order valence-corrected chi connectivity index (χ0v) is 14.9. The van der Waals surface area contributed by atoms with Crippen LogP contribution >= 0.6 is 15.9 Å². The topological polar surface area (TPSA) is 58.6 Å². The van der Waals surface area contributed by atoms with E-state index in [0.717, 1.165) is 35.0 Å². The van der Waals surface area contributed by atoms with Crippen molar-refractivity contribution in [1.82, 2.24) is 5.32 Å². The Kier molecular flexibility index (Phi) is 4.62. The van der Waals surface area contributed by atoms with Gasteiger partial charge in [0, 0.05) is 23.1 Å². The summed E-state index contributed by atoms with van der Waals surface area (Å²) in [6, 6.07) is 5.67. The molecule has 0 saturated heterocycles. The maximum atomic E-state index is 12.1. The van der Waals surface area contributed by atoms with E-state index >= 15 is 0 Å². The number of amides is 2. The highest BCUT2D eigenvalue weighted by Gasteiger charge is 2.34. The molecule has 0 aromatic heterocycles. The number of carbonyl (C=O) groups excluding carboxylic acids is 2. The molecule has 1 saturated carbocycles. The molecule has 0 unspecified atom stereocenters. The van der Waals surface area contributed by atoms with E-state index < -0.39 is 0 Å². The molecule has 1 N–H and O–H groups in total. The van der Waals surface area contributed by atoms with Crippen LogP contribution in [-0.4, -0.2) is 24.1 Å². The van der Waals surface area contributed by atoms with Crippen molar-refractivity contribution < 1.29 is 14.3 Å². The fourth-order valence-corrected chi connectivity index (χ4v) is 3.65. The molecule has 1 aliphatic carbocycles. The van der Waals surface area contributed by atoms with Gasteiger partial charge in [0.25, 0.3) is 0 Å². The van der Waals surface area contributed by atoms with Crippen LogP contribution in [0.4, 0.5) is 10.5 Å². The molecular weight excluding hydrogens is 360 g/mol. The third-order valence-electron chi connectivity index (χ3n) is 4.60. The minimum atomic E-state index is -0.367. The van der Waals surface area contributed by atoms with Crippen LogP contribution in [0.1, 0.15) is 51.1 Å². The van der Waals surface area contributed by atoms with E-state index in [2.05, 4.69) is 21.2 Å². The van der Waals surface area contributed by atoms with E-state index in [1.54, 1.807) is 11.8 Å². The van der Waals surface area contributed by atoms with Crippen molar-refractivity contribution in [2.45, 2.75) is 57.7 Å². The van der Waals surface area contributed by atoms with Crippen LogP contribution in [-0.2, 0) is 9.53 Å². The predicted molar refractivity (Wildman–Crippen MR) is 91.4 cm³/mol. The first kappa shape index (κ1) is 16.3. The standard InChI is InChI=1S/C17H21BrN2O3/c1-10-8-15(19-17(22)23-13-4-3-5-13)14-9-12(18)6-7-16(14)20(10)11(2)21/h6-7,9-10,13,15H,3-5,8H2,1-2H3,(H,19,22)/t10-,15+/m0/s1. The monoisotopic (exact) mass is 380 g/mol. The number of alkyl carbamates (subject to hydrolysis) is 1. The molecule has 5 nitrogen and oxygen atoms in total. The van der Waals surface area contributed by atoms with E-state index in [4.69, 9.17) is 4.74 Å². The Morgan fingerprint density at radius 2 is 2.09 bits per heavy atom. The summed E-state index contributed by atoms with van der Waals surface area (Å²) < 4.78 is 6.33. The summed E-state index contributed by atoms with van der Waals surface area (Å²) in [4.78, 5) is 25.9. The van der Waals surface area contributed by atoms with Crippen molar-refractivity contribution in [3.05, 3.63) is 28.2 Å². The number of anilines is 1. The zero-order chi connectivity index (χ0) is 16.6. The number of halogens is 1. The molecule has 2 amide bonds. The van der Waals surface area contributed by atoms with Crippen LogP contribution in [0.15, 0.2) is 22.7 Å². The van der Waals surface area contributed by atoms with Gasteiger partial charge in [-0.15, -0.1) is 0 Å². The number of hydrogen-bond acceptors (Lipinski definition) is 3. The number of ether oxygens (including phenoxy) is 1. The number of nitrogens with one attached hydrogen (secondary N) is 1. The Balaban J connectivity index is 1.83. The largest absolute Gasteiger partial charge is 0.446 e. The highest BCUT2D eigenvalue weighted by Crippen LogP contribution is 2.38. The minimum Gasteiger partial charge on any atom is -0.446 e. The van der Waals surface area contributed by atoms with Crippen LogP contribution in [0.3, 0.4) is 0 Å². The molecule has 3 rings (SSSR count). The van der Waals surface area contributed by atoms with Gasteiger partial charge in [-0.2, -0.15) is 0 Å². The number of benzene rings is 1. The van der Waals surface area contributed by atoms with Crippen molar-refractivity contribution in [1.29, 1.82) is 0 Å². The quantitative estimate of drug-likeness (QED) is 0.845. The van der Waals surface area contributed by atoms with Crippen LogP contribution in [0.5, 0.6) is 0 Å². The summed E-state index contributed by atoms with van der Waals surface area (Å²) in [5, 5.41) is 2.97. The van der Waals surface area contributed by atoms with Gasteiger partial charge in [0.15, 0.2) is 0 Å². The Morgan fingerprint density at radius 3 is 2.70 bits per heavy atom. The lowest BCUT2D eigenvalue weighted by atomic mass is 9.91. The van der Waals surface area contributed by atoms with Crippen LogP contribution in [0.2, 0.25) is 0 Å². The number of rotatable bonds is 2. The fourth-order valence-electron chi connectivity index (χ4n) is 3.27. The number of fused-ring (bicyclic) bond motifs is 1. The van der Waals surface area contributed by atoms with Gasteiger partial charge < -0.3 is 15.0 Å². The van der Waals surface area contributed by atoms with Gasteiger partial charge in [-0.05, 0) is 56.4 Å². The maximum Gasteiger partial charge on any atom is 0.407 e. The van der Waals surface area contributed by atoms with Crippen molar-refractivity contribution in [3.8, 4) is 0 Å². The summed E-state index contributed by atoms with van der Waals surface area (Å²) in [6.45, 7) is 3.57. The highest BCUT2D eigenvalue weighted by atomic mass is 79.9. The third-order valence-corrected chi connectivity index (χ3v) is 5.09. The summed E-state index contributed by atoms with van der Waals surface area (Å²) in [7, 11) is 0. The second kappa shape index (κ2) is 6.51. The van der Waals surface area contributed by atoms with Crippen LogP contribution in [0.25, 0.3) is 0 Å². The van der Waals surface area contributed by atoms with Gasteiger partial charge in [0.2, 0.25) is 5.91 Å². The molecule has 0 bridgehead atoms. The molecule has 0 radical (unpaired) electrons. The fraction of sp³-hybridized carbons (Fsp3) is 0.529. The molecule has 124 valence electrons. The number of hydrogen-bond donors (Lipinski definition) is 1. The van der Waals surface area contributed by atoms with Gasteiger partial charge in [0.05, 0.1) is 6.04 Å². The Bertz CT molecular complexity index is 630. The van der Waals surface area contributed by atoms with E-state index in [1.165, 1.54) is 0 Å². The molecule has 1 aromatic rings. The first-order valence-corrected chi connectivity index (χ1v) is 8.81. The Morgan fingerprint density at radius 1 is 1.35 bits per heavy atom. The van der Waals surface area contributed by atoms with Gasteiger partial charge in [-0.25, -0.2) is 4.79 Å². The Labute approximate surface area is 144 Å². The molecule has 1 heterocycles. The summed E-state index contributed by atoms with van der Waals surface area (Å²) in [5.41, 5.74) is 1.80. The lowest BCUT2D eigenvalue weighted by Gasteiger charge is -2.39. The van der Waals surface area contributed by atoms with E-state index in [1.807, 2.05) is 25.1 Å². The first-order valence-electron chi connectivity index (χ1n) is 8.02. The molecule has 1 aromatic carbocycles. The number of carbonyl (C=O) groups is 2. The van der Waals surface area contributed by atoms with Gasteiger partial charge in [0.1, 0.15) is 6.10 Å². The van der Waals surface area contributed by atoms with E-state index in [-0.39, 0.29) is 30.2 Å². The first-order chi connectivity index (χ1) is 11.0. The second-order valence-electron chi connectivity index (χ2n) is 6.33. The second-order valence-corrected chi connectivity index (χ2v) is 7.25. The molecule has 2 atom stereocenters. The molecule has 1 aliphatic heterocycles. The average molecular weight is 381 g/mol. The lowest BCUT2D eigenvalue weighted by Crippen LogP contribution is -2.46. The smallest absolute Gasteiger partial charge is 0.407 e. The number of nitrogens with zero attached hydrogens (tertiary/aromatic N) is 1. The predicted octanol–water partition coefficient (Wildman–Crippen LogP) is 3.91. The lowest BCUT2D eigenvalue weighted by molar-refractivity contribution is -0.117.